The average molecular weight is 481 g/mol. The zero-order valence-electron chi connectivity index (χ0n) is 18.8. The van der Waals surface area contributed by atoms with E-state index in [1.807, 2.05) is 19.9 Å². The fourth-order valence-corrected chi connectivity index (χ4v) is 5.38. The molecule has 1 N–H and O–H groups in total. The number of fused-ring (bicyclic) bond motifs is 2. The number of hydrogen-bond acceptors (Lipinski definition) is 6. The average Bonchev–Trinajstić information content (AvgIpc) is 2.83. The van der Waals surface area contributed by atoms with Crippen LogP contribution in [0.15, 0.2) is 65.6 Å². The van der Waals surface area contributed by atoms with E-state index in [4.69, 9.17) is 14.2 Å². The molecule has 8 nitrogen and oxygen atoms in total. The van der Waals surface area contributed by atoms with Gasteiger partial charge in [0.25, 0.3) is 15.9 Å². The van der Waals surface area contributed by atoms with Crippen molar-refractivity contribution >= 4 is 27.3 Å². The maximum Gasteiger partial charge on any atom is 0.267 e. The molecule has 0 saturated heterocycles. The summed E-state index contributed by atoms with van der Waals surface area (Å²) in [5, 5.41) is 2.81. The first-order chi connectivity index (χ1) is 16.3. The minimum Gasteiger partial charge on any atom is -0.486 e. The maximum atomic E-state index is 13.5. The van der Waals surface area contributed by atoms with Crippen molar-refractivity contribution in [2.45, 2.75) is 24.8 Å². The Labute approximate surface area is 198 Å². The monoisotopic (exact) mass is 480 g/mol. The van der Waals surface area contributed by atoms with Crippen LogP contribution in [0.2, 0.25) is 0 Å². The molecule has 3 aromatic carbocycles. The van der Waals surface area contributed by atoms with E-state index < -0.39 is 22.0 Å². The number of nitrogens with one attached hydrogen (secondary N) is 1. The van der Waals surface area contributed by atoms with Gasteiger partial charge in [-0.25, -0.2) is 8.42 Å². The Bertz CT molecular complexity index is 1350. The van der Waals surface area contributed by atoms with Gasteiger partial charge >= 0.3 is 0 Å². The van der Waals surface area contributed by atoms with Crippen molar-refractivity contribution in [1.82, 2.24) is 0 Å². The number of carbonyl (C=O) groups excluding carboxylic acids is 1. The van der Waals surface area contributed by atoms with Gasteiger partial charge < -0.3 is 19.5 Å². The second-order valence-electron chi connectivity index (χ2n) is 8.27. The SMILES string of the molecule is Cc1ccc(S(=O)(=O)N2C[C@@H](C(=O)Nc3ccc4c(c3)OCCO4)Oc3cc(C)ccc32)cc1. The van der Waals surface area contributed by atoms with E-state index in [9.17, 15) is 13.2 Å². The first-order valence-corrected chi connectivity index (χ1v) is 12.3. The zero-order chi connectivity index (χ0) is 23.9. The number of rotatable bonds is 4. The highest BCUT2D eigenvalue weighted by molar-refractivity contribution is 7.92. The summed E-state index contributed by atoms with van der Waals surface area (Å²) < 4.78 is 45.4. The van der Waals surface area contributed by atoms with Gasteiger partial charge in [-0.05, 0) is 55.8 Å². The number of amides is 1. The van der Waals surface area contributed by atoms with Gasteiger partial charge in [-0.1, -0.05) is 23.8 Å². The number of hydrogen-bond donors (Lipinski definition) is 1. The molecule has 0 spiro atoms. The molecule has 3 aromatic rings. The minimum absolute atomic E-state index is 0.150. The fraction of sp³-hybridized carbons (Fsp3) is 0.240. The molecular weight excluding hydrogens is 456 g/mol. The highest BCUT2D eigenvalue weighted by atomic mass is 32.2. The topological polar surface area (TPSA) is 94.2 Å². The minimum atomic E-state index is -3.92. The molecule has 0 aliphatic carbocycles. The van der Waals surface area contributed by atoms with Crippen LogP contribution in [-0.4, -0.2) is 40.2 Å². The van der Waals surface area contributed by atoms with Crippen molar-refractivity contribution in [3.63, 3.8) is 0 Å². The summed E-state index contributed by atoms with van der Waals surface area (Å²) in [5.74, 6) is 1.02. The number of aryl methyl sites for hydroxylation is 2. The van der Waals surface area contributed by atoms with Gasteiger partial charge in [0, 0.05) is 11.8 Å². The summed E-state index contributed by atoms with van der Waals surface area (Å²) in [6.07, 6.45) is -1.05. The molecule has 5 rings (SSSR count). The van der Waals surface area contributed by atoms with Crippen molar-refractivity contribution in [1.29, 1.82) is 0 Å². The van der Waals surface area contributed by atoms with E-state index in [2.05, 4.69) is 5.32 Å². The molecule has 0 unspecified atom stereocenters. The Kier molecular flexibility index (Phi) is 5.57. The van der Waals surface area contributed by atoms with Crippen LogP contribution in [0.25, 0.3) is 0 Å². The molecule has 2 aliphatic rings. The third-order valence-corrected chi connectivity index (χ3v) is 7.49. The molecule has 0 saturated carbocycles. The molecule has 0 aromatic heterocycles. The Hall–Kier alpha value is -3.72. The lowest BCUT2D eigenvalue weighted by Crippen LogP contribution is -2.48. The number of anilines is 2. The number of carbonyl (C=O) groups is 1. The van der Waals surface area contributed by atoms with Crippen molar-refractivity contribution in [2.75, 3.05) is 29.4 Å². The van der Waals surface area contributed by atoms with E-state index in [0.29, 0.717) is 41.8 Å². The summed E-state index contributed by atoms with van der Waals surface area (Å²) in [5.41, 5.74) is 2.74. The maximum absolute atomic E-state index is 13.5. The van der Waals surface area contributed by atoms with E-state index in [-0.39, 0.29) is 11.4 Å². The lowest BCUT2D eigenvalue weighted by Gasteiger charge is -2.35. The molecule has 0 fully saturated rings. The van der Waals surface area contributed by atoms with Crippen LogP contribution in [-0.2, 0) is 14.8 Å². The van der Waals surface area contributed by atoms with Crippen LogP contribution in [0.3, 0.4) is 0 Å². The summed E-state index contributed by atoms with van der Waals surface area (Å²) in [4.78, 5) is 13.3. The van der Waals surface area contributed by atoms with Crippen LogP contribution in [0.1, 0.15) is 11.1 Å². The molecule has 1 atom stereocenters. The van der Waals surface area contributed by atoms with Gasteiger partial charge in [0.1, 0.15) is 19.0 Å². The molecule has 0 radical (unpaired) electrons. The lowest BCUT2D eigenvalue weighted by atomic mass is 10.1. The van der Waals surface area contributed by atoms with Crippen molar-refractivity contribution in [3.8, 4) is 17.2 Å². The Morgan fingerprint density at radius 3 is 2.35 bits per heavy atom. The zero-order valence-corrected chi connectivity index (χ0v) is 19.6. The standard InChI is InChI=1S/C25H24N2O6S/c1-16-3-7-19(8-4-16)34(29,30)27-15-24(33-22-13-17(2)5-9-20(22)27)25(28)26-18-6-10-21-23(14-18)32-12-11-31-21/h3-10,13-14,24H,11-12,15H2,1-2H3,(H,26,28)/t24-/m0/s1. The second-order valence-corrected chi connectivity index (χ2v) is 10.1. The molecule has 2 aliphatic heterocycles. The van der Waals surface area contributed by atoms with Gasteiger partial charge in [0.2, 0.25) is 0 Å². The molecule has 34 heavy (non-hydrogen) atoms. The lowest BCUT2D eigenvalue weighted by molar-refractivity contribution is -0.122. The predicted molar refractivity (Wildman–Crippen MR) is 127 cm³/mol. The molecule has 0 bridgehead atoms. The first-order valence-electron chi connectivity index (χ1n) is 10.9. The van der Waals surface area contributed by atoms with Crippen LogP contribution in [0, 0.1) is 13.8 Å². The molecule has 2 heterocycles. The second kappa shape index (κ2) is 8.57. The Balaban J connectivity index is 1.45. The molecule has 9 heteroatoms. The number of benzene rings is 3. The number of nitrogens with zero attached hydrogens (tertiary/aromatic N) is 1. The van der Waals surface area contributed by atoms with E-state index in [0.717, 1.165) is 11.1 Å². The highest BCUT2D eigenvalue weighted by Crippen LogP contribution is 2.38. The molecule has 176 valence electrons. The van der Waals surface area contributed by atoms with E-state index in [1.165, 1.54) is 4.31 Å². The Morgan fingerprint density at radius 2 is 1.59 bits per heavy atom. The number of ether oxygens (including phenoxy) is 3. The van der Waals surface area contributed by atoms with E-state index >= 15 is 0 Å². The first kappa shape index (κ1) is 22.1. The van der Waals surface area contributed by atoms with Crippen molar-refractivity contribution < 1.29 is 27.4 Å². The van der Waals surface area contributed by atoms with Gasteiger partial charge in [-0.15, -0.1) is 0 Å². The third kappa shape index (κ3) is 4.14. The van der Waals surface area contributed by atoms with Crippen LogP contribution in [0.5, 0.6) is 17.2 Å². The van der Waals surface area contributed by atoms with Crippen molar-refractivity contribution in [2.24, 2.45) is 0 Å². The quantitative estimate of drug-likeness (QED) is 0.612. The van der Waals surface area contributed by atoms with Gasteiger partial charge in [0.15, 0.2) is 17.6 Å². The van der Waals surface area contributed by atoms with Crippen LogP contribution in [0.4, 0.5) is 11.4 Å². The fourth-order valence-electron chi connectivity index (χ4n) is 3.91. The molecule has 1 amide bonds. The van der Waals surface area contributed by atoms with Gasteiger partial charge in [-0.2, -0.15) is 0 Å². The van der Waals surface area contributed by atoms with Crippen LogP contribution >= 0.6 is 0 Å². The number of sulfonamides is 1. The smallest absolute Gasteiger partial charge is 0.267 e. The van der Waals surface area contributed by atoms with Gasteiger partial charge in [0.05, 0.1) is 17.1 Å². The predicted octanol–water partition coefficient (Wildman–Crippen LogP) is 3.67. The van der Waals surface area contributed by atoms with Gasteiger partial charge in [-0.3, -0.25) is 9.10 Å². The van der Waals surface area contributed by atoms with Crippen molar-refractivity contribution in [3.05, 3.63) is 71.8 Å². The normalized spacial score (nSPS) is 16.9. The Morgan fingerprint density at radius 1 is 0.882 bits per heavy atom. The summed E-state index contributed by atoms with van der Waals surface area (Å²) in [7, 11) is -3.92. The molecular formula is C25H24N2O6S. The largest absolute Gasteiger partial charge is 0.486 e. The highest BCUT2D eigenvalue weighted by Gasteiger charge is 2.37. The summed E-state index contributed by atoms with van der Waals surface area (Å²) >= 11 is 0. The summed E-state index contributed by atoms with van der Waals surface area (Å²) in [6, 6.07) is 17.0. The van der Waals surface area contributed by atoms with Crippen LogP contribution < -0.4 is 23.8 Å². The summed E-state index contributed by atoms with van der Waals surface area (Å²) in [6.45, 7) is 4.50. The van der Waals surface area contributed by atoms with E-state index in [1.54, 1.807) is 54.6 Å². The third-order valence-electron chi connectivity index (χ3n) is 5.70.